The molecule has 1 saturated heterocycles. The fourth-order valence-electron chi connectivity index (χ4n) is 3.83. The normalized spacial score (nSPS) is 25.8. The predicted octanol–water partition coefficient (Wildman–Crippen LogP) is -0.420. The van der Waals surface area contributed by atoms with Crippen molar-refractivity contribution in [3.8, 4) is 0 Å². The van der Waals surface area contributed by atoms with E-state index in [1.54, 1.807) is 23.1 Å². The number of carbonyl (C=O) groups excluding carboxylic acids is 3. The lowest BCUT2D eigenvalue weighted by Gasteiger charge is -2.24. The van der Waals surface area contributed by atoms with E-state index in [0.717, 1.165) is 12.8 Å². The summed E-state index contributed by atoms with van der Waals surface area (Å²) in [4.78, 5) is 39.1. The molecule has 0 radical (unpaired) electrons. The van der Waals surface area contributed by atoms with E-state index in [1.165, 1.54) is 0 Å². The van der Waals surface area contributed by atoms with Crippen molar-refractivity contribution in [1.82, 2.24) is 20.9 Å². The van der Waals surface area contributed by atoms with Crippen molar-refractivity contribution in [2.75, 3.05) is 26.2 Å². The standard InChI is InChI=1S/C19H24N4O4.ClH/c24-15-9-20-7-11(15)8-21-16(25)10-22-18(26)17-13-3-1-2-4-14(13)19(27)23(17)12-5-6-12;/h1-4,11-12,15,17,20,24H,5-10H2,(H,21,25)(H,22,26);1H. The highest BCUT2D eigenvalue weighted by atomic mass is 35.5. The van der Waals surface area contributed by atoms with Crippen molar-refractivity contribution < 1.29 is 19.5 Å². The highest BCUT2D eigenvalue weighted by molar-refractivity contribution is 6.05. The number of aliphatic hydroxyl groups excluding tert-OH is 1. The number of carbonyl (C=O) groups is 3. The number of hydrogen-bond acceptors (Lipinski definition) is 5. The van der Waals surface area contributed by atoms with Gasteiger partial charge < -0.3 is 26.0 Å². The molecule has 1 aromatic rings. The average molecular weight is 409 g/mol. The largest absolute Gasteiger partial charge is 0.391 e. The van der Waals surface area contributed by atoms with Crippen LogP contribution in [0.4, 0.5) is 0 Å². The van der Waals surface area contributed by atoms with Crippen molar-refractivity contribution >= 4 is 30.1 Å². The van der Waals surface area contributed by atoms with E-state index in [0.29, 0.717) is 30.8 Å². The number of nitrogens with one attached hydrogen (secondary N) is 3. The number of hydrogen-bond donors (Lipinski definition) is 4. The Hall–Kier alpha value is -2.16. The molecule has 9 heteroatoms. The van der Waals surface area contributed by atoms with Gasteiger partial charge in [-0.15, -0.1) is 12.4 Å². The van der Waals surface area contributed by atoms with Crippen LogP contribution in [0.2, 0.25) is 0 Å². The molecule has 0 aromatic heterocycles. The van der Waals surface area contributed by atoms with Crippen LogP contribution >= 0.6 is 12.4 Å². The lowest BCUT2D eigenvalue weighted by Crippen LogP contribution is -2.45. The molecule has 2 heterocycles. The lowest BCUT2D eigenvalue weighted by atomic mass is 10.0. The van der Waals surface area contributed by atoms with Crippen molar-refractivity contribution in [1.29, 1.82) is 0 Å². The van der Waals surface area contributed by atoms with Crippen LogP contribution < -0.4 is 16.0 Å². The molecule has 3 unspecified atom stereocenters. The molecule has 1 saturated carbocycles. The molecule has 3 aliphatic rings. The van der Waals surface area contributed by atoms with Crippen LogP contribution in [0.1, 0.15) is 34.8 Å². The number of amides is 3. The summed E-state index contributed by atoms with van der Waals surface area (Å²) in [6, 6.07) is 6.58. The van der Waals surface area contributed by atoms with Crippen LogP contribution in [0.25, 0.3) is 0 Å². The van der Waals surface area contributed by atoms with Crippen LogP contribution in [-0.4, -0.2) is 66.1 Å². The van der Waals surface area contributed by atoms with E-state index in [9.17, 15) is 19.5 Å². The first-order valence-corrected chi connectivity index (χ1v) is 9.41. The first kappa shape index (κ1) is 20.6. The Balaban J connectivity index is 0.00000225. The Morgan fingerprint density at radius 2 is 1.93 bits per heavy atom. The maximum Gasteiger partial charge on any atom is 0.255 e. The predicted molar refractivity (Wildman–Crippen MR) is 104 cm³/mol. The van der Waals surface area contributed by atoms with E-state index >= 15 is 0 Å². The number of β-amino-alcohol motifs (C(OH)–C–C–N with tert-alkyl or cyclic N) is 1. The van der Waals surface area contributed by atoms with Crippen molar-refractivity contribution in [2.24, 2.45) is 5.92 Å². The van der Waals surface area contributed by atoms with Gasteiger partial charge in [0.05, 0.1) is 12.6 Å². The van der Waals surface area contributed by atoms with Gasteiger partial charge in [0.2, 0.25) is 11.8 Å². The minimum Gasteiger partial charge on any atom is -0.391 e. The van der Waals surface area contributed by atoms with Gasteiger partial charge in [0.1, 0.15) is 6.04 Å². The number of rotatable bonds is 6. The Kier molecular flexibility index (Phi) is 6.22. The van der Waals surface area contributed by atoms with Gasteiger partial charge in [0.25, 0.3) is 5.91 Å². The van der Waals surface area contributed by atoms with E-state index < -0.39 is 12.1 Å². The second-order valence-electron chi connectivity index (χ2n) is 7.44. The zero-order valence-corrected chi connectivity index (χ0v) is 16.2. The van der Waals surface area contributed by atoms with Crippen LogP contribution in [0.3, 0.4) is 0 Å². The molecule has 0 spiro atoms. The quantitative estimate of drug-likeness (QED) is 0.511. The van der Waals surface area contributed by atoms with Crippen LogP contribution in [0, 0.1) is 5.92 Å². The first-order chi connectivity index (χ1) is 13.1. The second kappa shape index (κ2) is 8.46. The third-order valence-corrected chi connectivity index (χ3v) is 5.48. The average Bonchev–Trinajstić information content (AvgIpc) is 3.36. The maximum atomic E-state index is 12.8. The summed E-state index contributed by atoms with van der Waals surface area (Å²) >= 11 is 0. The Morgan fingerprint density at radius 1 is 1.18 bits per heavy atom. The number of fused-ring (bicyclic) bond motifs is 1. The van der Waals surface area contributed by atoms with Crippen LogP contribution in [-0.2, 0) is 9.59 Å². The molecule has 2 aliphatic heterocycles. The molecule has 0 bridgehead atoms. The molecule has 3 amide bonds. The second-order valence-corrected chi connectivity index (χ2v) is 7.44. The fourth-order valence-corrected chi connectivity index (χ4v) is 3.83. The summed E-state index contributed by atoms with van der Waals surface area (Å²) in [5, 5.41) is 18.2. The zero-order chi connectivity index (χ0) is 19.0. The third kappa shape index (κ3) is 3.99. The highest BCUT2D eigenvalue weighted by Gasteiger charge is 2.47. The summed E-state index contributed by atoms with van der Waals surface area (Å²) in [5.74, 6) is -0.772. The van der Waals surface area contributed by atoms with Gasteiger partial charge in [0, 0.05) is 37.2 Å². The monoisotopic (exact) mass is 408 g/mol. The molecule has 4 rings (SSSR count). The van der Waals surface area contributed by atoms with E-state index in [4.69, 9.17) is 0 Å². The van der Waals surface area contributed by atoms with Crippen LogP contribution in [0.15, 0.2) is 24.3 Å². The fraction of sp³-hybridized carbons (Fsp3) is 0.526. The number of halogens is 1. The minimum atomic E-state index is -0.671. The van der Waals surface area contributed by atoms with Gasteiger partial charge in [-0.05, 0) is 24.5 Å². The number of nitrogens with zero attached hydrogens (tertiary/aromatic N) is 1. The van der Waals surface area contributed by atoms with E-state index in [-0.39, 0.29) is 48.6 Å². The minimum absolute atomic E-state index is 0. The maximum absolute atomic E-state index is 12.8. The summed E-state index contributed by atoms with van der Waals surface area (Å²) in [5.41, 5.74) is 1.27. The SMILES string of the molecule is Cl.O=C(CNC(=O)C1c2ccccc2C(=O)N1C1CC1)NCC1CNCC1O. The smallest absolute Gasteiger partial charge is 0.255 e. The van der Waals surface area contributed by atoms with Crippen LogP contribution in [0.5, 0.6) is 0 Å². The first-order valence-electron chi connectivity index (χ1n) is 9.41. The molecule has 1 aromatic carbocycles. The Morgan fingerprint density at radius 3 is 2.61 bits per heavy atom. The number of benzene rings is 1. The zero-order valence-electron chi connectivity index (χ0n) is 15.4. The van der Waals surface area contributed by atoms with Gasteiger partial charge in [-0.25, -0.2) is 0 Å². The van der Waals surface area contributed by atoms with Gasteiger partial charge in [-0.2, -0.15) is 0 Å². The Labute approximate surface area is 169 Å². The van der Waals surface area contributed by atoms with E-state index in [1.807, 2.05) is 6.07 Å². The molecule has 2 fully saturated rings. The molecular weight excluding hydrogens is 384 g/mol. The summed E-state index contributed by atoms with van der Waals surface area (Å²) in [6.45, 7) is 1.40. The number of aliphatic hydroxyl groups is 1. The van der Waals surface area contributed by atoms with Gasteiger partial charge in [-0.1, -0.05) is 18.2 Å². The molecule has 1 aliphatic carbocycles. The van der Waals surface area contributed by atoms with Gasteiger partial charge >= 0.3 is 0 Å². The highest BCUT2D eigenvalue weighted by Crippen LogP contribution is 2.41. The van der Waals surface area contributed by atoms with Crippen molar-refractivity contribution in [3.63, 3.8) is 0 Å². The molecule has 3 atom stereocenters. The summed E-state index contributed by atoms with van der Waals surface area (Å²) in [7, 11) is 0. The molecule has 152 valence electrons. The van der Waals surface area contributed by atoms with Gasteiger partial charge in [0.15, 0.2) is 0 Å². The Bertz CT molecular complexity index is 770. The molecule has 28 heavy (non-hydrogen) atoms. The van der Waals surface area contributed by atoms with Crippen molar-refractivity contribution in [3.05, 3.63) is 35.4 Å². The van der Waals surface area contributed by atoms with Crippen molar-refractivity contribution in [2.45, 2.75) is 31.0 Å². The lowest BCUT2D eigenvalue weighted by molar-refractivity contribution is -0.129. The van der Waals surface area contributed by atoms with Gasteiger partial charge in [-0.3, -0.25) is 14.4 Å². The topological polar surface area (TPSA) is 111 Å². The summed E-state index contributed by atoms with van der Waals surface area (Å²) in [6.07, 6.45) is 1.34. The summed E-state index contributed by atoms with van der Waals surface area (Å²) < 4.78 is 0. The molecule has 8 nitrogen and oxygen atoms in total. The molecule has 4 N–H and O–H groups in total. The molecular formula is C19H25ClN4O4. The third-order valence-electron chi connectivity index (χ3n) is 5.48. The van der Waals surface area contributed by atoms with E-state index in [2.05, 4.69) is 16.0 Å².